The van der Waals surface area contributed by atoms with Gasteiger partial charge in [0.2, 0.25) is 5.91 Å². The van der Waals surface area contributed by atoms with Crippen LogP contribution >= 0.6 is 0 Å². The quantitative estimate of drug-likeness (QED) is 0.641. The summed E-state index contributed by atoms with van der Waals surface area (Å²) in [6.07, 6.45) is 0.560. The molecule has 4 rings (SSSR count). The van der Waals surface area contributed by atoms with Crippen molar-refractivity contribution < 1.29 is 18.0 Å². The summed E-state index contributed by atoms with van der Waals surface area (Å²) >= 11 is 0. The maximum Gasteiger partial charge on any atom is 0.261 e. The van der Waals surface area contributed by atoms with Crippen molar-refractivity contribution in [1.82, 2.24) is 0 Å². The Morgan fingerprint density at radius 1 is 0.968 bits per heavy atom. The van der Waals surface area contributed by atoms with Gasteiger partial charge in [-0.05, 0) is 73.5 Å². The lowest BCUT2D eigenvalue weighted by molar-refractivity contribution is 0.0978. The van der Waals surface area contributed by atoms with Gasteiger partial charge in [-0.1, -0.05) is 18.2 Å². The molecule has 8 heteroatoms. The molecule has 3 aromatic carbocycles. The lowest BCUT2D eigenvalue weighted by Crippen LogP contribution is -2.35. The van der Waals surface area contributed by atoms with Crippen LogP contribution in [0.25, 0.3) is 0 Å². The van der Waals surface area contributed by atoms with E-state index in [4.69, 9.17) is 5.73 Å². The molecule has 31 heavy (non-hydrogen) atoms. The summed E-state index contributed by atoms with van der Waals surface area (Å²) in [7, 11) is -3.84. The molecule has 0 aromatic heterocycles. The van der Waals surface area contributed by atoms with Crippen LogP contribution in [0.1, 0.15) is 33.2 Å². The third-order valence-corrected chi connectivity index (χ3v) is 6.62. The number of primary amides is 1. The minimum absolute atomic E-state index is 0.0880. The second-order valence-electron chi connectivity index (χ2n) is 7.43. The van der Waals surface area contributed by atoms with Gasteiger partial charge in [0.15, 0.2) is 0 Å². The number of hydrogen-bond acceptors (Lipinski definition) is 4. The van der Waals surface area contributed by atoms with E-state index in [0.29, 0.717) is 23.4 Å². The number of carbonyl (C=O) groups excluding carboxylic acids is 2. The van der Waals surface area contributed by atoms with Crippen molar-refractivity contribution in [1.29, 1.82) is 0 Å². The smallest absolute Gasteiger partial charge is 0.261 e. The molecule has 1 atom stereocenters. The van der Waals surface area contributed by atoms with E-state index in [1.54, 1.807) is 29.2 Å². The van der Waals surface area contributed by atoms with Crippen LogP contribution in [0.15, 0.2) is 77.7 Å². The third-order valence-electron chi connectivity index (χ3n) is 5.24. The van der Waals surface area contributed by atoms with E-state index in [-0.39, 0.29) is 22.4 Å². The Hall–Kier alpha value is -3.65. The van der Waals surface area contributed by atoms with Gasteiger partial charge in [0.1, 0.15) is 0 Å². The van der Waals surface area contributed by atoms with Gasteiger partial charge in [-0.3, -0.25) is 14.3 Å². The second-order valence-corrected chi connectivity index (χ2v) is 9.11. The number of nitrogens with two attached hydrogens (primary N) is 1. The molecule has 3 aromatic rings. The first kappa shape index (κ1) is 20.6. The van der Waals surface area contributed by atoms with Gasteiger partial charge in [0, 0.05) is 28.5 Å². The van der Waals surface area contributed by atoms with Crippen LogP contribution in [0.3, 0.4) is 0 Å². The number of carbonyl (C=O) groups is 2. The van der Waals surface area contributed by atoms with Gasteiger partial charge in [-0.15, -0.1) is 0 Å². The van der Waals surface area contributed by atoms with Gasteiger partial charge in [-0.25, -0.2) is 8.42 Å². The molecule has 1 aliphatic rings. The fraction of sp³-hybridized carbons (Fsp3) is 0.130. The van der Waals surface area contributed by atoms with Gasteiger partial charge < -0.3 is 10.6 Å². The fourth-order valence-corrected chi connectivity index (χ4v) is 4.83. The van der Waals surface area contributed by atoms with Crippen molar-refractivity contribution in [3.63, 3.8) is 0 Å². The standard InChI is InChI=1S/C23H21N3O4S/c1-15-13-18-14-20(31(29,30)25-19-9-7-16(8-10-19)22(24)27)11-12-21(18)26(15)23(28)17-5-3-2-4-6-17/h2-12,14-15,25H,13H2,1H3,(H2,24,27)/t15-/m1/s1. The molecule has 0 bridgehead atoms. The van der Waals surface area contributed by atoms with Gasteiger partial charge in [-0.2, -0.15) is 0 Å². The first-order valence-corrected chi connectivity index (χ1v) is 11.2. The monoisotopic (exact) mass is 435 g/mol. The predicted octanol–water partition coefficient (Wildman–Crippen LogP) is 3.18. The van der Waals surface area contributed by atoms with Crippen LogP contribution in [0, 0.1) is 0 Å². The average molecular weight is 436 g/mol. The largest absolute Gasteiger partial charge is 0.366 e. The molecule has 2 amide bonds. The zero-order valence-corrected chi connectivity index (χ0v) is 17.6. The topological polar surface area (TPSA) is 110 Å². The molecule has 3 N–H and O–H groups in total. The Morgan fingerprint density at radius 2 is 1.65 bits per heavy atom. The Labute approximate surface area is 180 Å². The number of nitrogens with zero attached hydrogens (tertiary/aromatic N) is 1. The Bertz CT molecular complexity index is 1260. The molecule has 0 aliphatic carbocycles. The molecule has 0 saturated carbocycles. The summed E-state index contributed by atoms with van der Waals surface area (Å²) in [5.74, 6) is -0.702. The highest BCUT2D eigenvalue weighted by Crippen LogP contribution is 2.35. The van der Waals surface area contributed by atoms with Crippen LogP contribution < -0.4 is 15.4 Å². The molecule has 0 saturated heterocycles. The Morgan fingerprint density at radius 3 is 2.29 bits per heavy atom. The van der Waals surface area contributed by atoms with Gasteiger partial charge in [0.05, 0.1) is 4.90 Å². The SMILES string of the molecule is C[C@@H]1Cc2cc(S(=O)(=O)Nc3ccc(C(N)=O)cc3)ccc2N1C(=O)c1ccccc1. The number of amides is 2. The van der Waals surface area contributed by atoms with Crippen LogP contribution in [0.2, 0.25) is 0 Å². The van der Waals surface area contributed by atoms with Crippen LogP contribution in [0.5, 0.6) is 0 Å². The molecule has 0 fully saturated rings. The average Bonchev–Trinajstić information content (AvgIpc) is 3.08. The van der Waals surface area contributed by atoms with Crippen LogP contribution in [0.4, 0.5) is 11.4 Å². The summed E-state index contributed by atoms with van der Waals surface area (Å²) in [6, 6.07) is 19.5. The molecule has 158 valence electrons. The van der Waals surface area contributed by atoms with E-state index >= 15 is 0 Å². The van der Waals surface area contributed by atoms with E-state index in [2.05, 4.69) is 4.72 Å². The summed E-state index contributed by atoms with van der Waals surface area (Å²) in [6.45, 7) is 1.94. The maximum atomic E-state index is 13.0. The van der Waals surface area contributed by atoms with Crippen molar-refractivity contribution in [2.45, 2.75) is 24.3 Å². The summed E-state index contributed by atoms with van der Waals surface area (Å²) in [4.78, 5) is 26.0. The van der Waals surface area contributed by atoms with Crippen molar-refractivity contribution >= 4 is 33.2 Å². The molecule has 1 heterocycles. The number of anilines is 2. The molecular weight excluding hydrogens is 414 g/mol. The van der Waals surface area contributed by atoms with E-state index in [0.717, 1.165) is 5.56 Å². The second kappa shape index (κ2) is 7.88. The summed E-state index contributed by atoms with van der Waals surface area (Å²) < 4.78 is 28.2. The van der Waals surface area contributed by atoms with Gasteiger partial charge >= 0.3 is 0 Å². The molecule has 0 spiro atoms. The van der Waals surface area contributed by atoms with E-state index in [1.165, 1.54) is 30.3 Å². The highest BCUT2D eigenvalue weighted by Gasteiger charge is 2.32. The number of rotatable bonds is 5. The summed E-state index contributed by atoms with van der Waals surface area (Å²) in [5, 5.41) is 0. The highest BCUT2D eigenvalue weighted by molar-refractivity contribution is 7.92. The lowest BCUT2D eigenvalue weighted by atomic mass is 10.1. The molecular formula is C23H21N3O4S. The molecule has 7 nitrogen and oxygen atoms in total. The predicted molar refractivity (Wildman–Crippen MR) is 119 cm³/mol. The van der Waals surface area contributed by atoms with E-state index in [9.17, 15) is 18.0 Å². The van der Waals surface area contributed by atoms with Gasteiger partial charge in [0.25, 0.3) is 15.9 Å². The van der Waals surface area contributed by atoms with E-state index < -0.39 is 15.9 Å². The molecule has 1 aliphatic heterocycles. The minimum atomic E-state index is -3.84. The van der Waals surface area contributed by atoms with Crippen LogP contribution in [-0.4, -0.2) is 26.3 Å². The van der Waals surface area contributed by atoms with Crippen molar-refractivity contribution in [2.24, 2.45) is 5.73 Å². The fourth-order valence-electron chi connectivity index (χ4n) is 3.72. The number of benzene rings is 3. The summed E-state index contributed by atoms with van der Waals surface area (Å²) in [5.41, 5.74) is 7.91. The Kier molecular flexibility index (Phi) is 5.24. The van der Waals surface area contributed by atoms with Crippen molar-refractivity contribution in [3.8, 4) is 0 Å². The molecule has 0 radical (unpaired) electrons. The first-order valence-electron chi connectivity index (χ1n) is 9.70. The van der Waals surface area contributed by atoms with Crippen molar-refractivity contribution in [3.05, 3.63) is 89.5 Å². The third kappa shape index (κ3) is 4.02. The number of fused-ring (bicyclic) bond motifs is 1. The lowest BCUT2D eigenvalue weighted by Gasteiger charge is -2.23. The number of nitrogens with one attached hydrogen (secondary N) is 1. The minimum Gasteiger partial charge on any atom is -0.366 e. The van der Waals surface area contributed by atoms with Crippen molar-refractivity contribution in [2.75, 3.05) is 9.62 Å². The molecule has 0 unspecified atom stereocenters. The maximum absolute atomic E-state index is 13.0. The van der Waals surface area contributed by atoms with Crippen LogP contribution in [-0.2, 0) is 16.4 Å². The zero-order valence-electron chi connectivity index (χ0n) is 16.8. The zero-order chi connectivity index (χ0) is 22.2. The number of hydrogen-bond donors (Lipinski definition) is 2. The van der Waals surface area contributed by atoms with E-state index in [1.807, 2.05) is 25.1 Å². The Balaban J connectivity index is 1.60. The number of sulfonamides is 1. The highest BCUT2D eigenvalue weighted by atomic mass is 32.2. The normalized spacial score (nSPS) is 15.4. The first-order chi connectivity index (χ1) is 14.8.